The van der Waals surface area contributed by atoms with Crippen LogP contribution in [0.2, 0.25) is 0 Å². The van der Waals surface area contributed by atoms with Gasteiger partial charge in [0.15, 0.2) is 11.5 Å². The first kappa shape index (κ1) is 16.0. The van der Waals surface area contributed by atoms with E-state index >= 15 is 0 Å². The van der Waals surface area contributed by atoms with E-state index < -0.39 is 10.0 Å². The number of hydrogen-bond donors (Lipinski definition) is 2. The molecule has 19 heavy (non-hydrogen) atoms. The van der Waals surface area contributed by atoms with Crippen molar-refractivity contribution in [2.75, 3.05) is 20.4 Å². The number of halogens is 1. The molecule has 0 aliphatic carbocycles. The average Bonchev–Trinajstić information content (AvgIpc) is 2.83. The maximum atomic E-state index is 12.0. The molecule has 2 rings (SSSR count). The smallest absolute Gasteiger partial charge is 0.240 e. The number of ether oxygens (including phenoxy) is 2. The van der Waals surface area contributed by atoms with Crippen molar-refractivity contribution in [2.24, 2.45) is 0 Å². The first-order valence-electron chi connectivity index (χ1n) is 5.59. The van der Waals surface area contributed by atoms with Gasteiger partial charge in [0.25, 0.3) is 0 Å². The molecule has 1 aliphatic rings. The summed E-state index contributed by atoms with van der Waals surface area (Å²) in [5, 5.41) is 2.96. The average molecular weight is 309 g/mol. The molecule has 0 amide bonds. The topological polar surface area (TPSA) is 76.7 Å². The summed E-state index contributed by atoms with van der Waals surface area (Å²) in [5.41, 5.74) is 0. The highest BCUT2D eigenvalue weighted by molar-refractivity contribution is 7.89. The molecule has 1 aromatic rings. The van der Waals surface area contributed by atoms with Gasteiger partial charge in [-0.1, -0.05) is 0 Å². The van der Waals surface area contributed by atoms with Crippen molar-refractivity contribution in [1.82, 2.24) is 10.0 Å². The predicted octanol–water partition coefficient (Wildman–Crippen LogP) is 0.723. The normalized spacial score (nSPS) is 14.8. The molecule has 1 atom stereocenters. The highest BCUT2D eigenvalue weighted by Gasteiger charge is 2.20. The number of likely N-dealkylation sites (N-methyl/N-ethyl adjacent to an activating group) is 1. The quantitative estimate of drug-likeness (QED) is 0.838. The van der Waals surface area contributed by atoms with E-state index in [1.807, 2.05) is 6.92 Å². The summed E-state index contributed by atoms with van der Waals surface area (Å²) in [6.45, 7) is 2.35. The van der Waals surface area contributed by atoms with Crippen LogP contribution in [0.25, 0.3) is 0 Å². The second kappa shape index (κ2) is 6.42. The molecule has 0 fully saturated rings. The molecule has 8 heteroatoms. The molecule has 108 valence electrons. The first-order chi connectivity index (χ1) is 8.53. The maximum absolute atomic E-state index is 12.0. The third-order valence-electron chi connectivity index (χ3n) is 2.73. The second-order valence-electron chi connectivity index (χ2n) is 4.06. The minimum absolute atomic E-state index is 0. The van der Waals surface area contributed by atoms with Crippen molar-refractivity contribution in [1.29, 1.82) is 0 Å². The van der Waals surface area contributed by atoms with Crippen molar-refractivity contribution >= 4 is 22.4 Å². The van der Waals surface area contributed by atoms with Gasteiger partial charge >= 0.3 is 0 Å². The van der Waals surface area contributed by atoms with Crippen LogP contribution in [0.1, 0.15) is 6.92 Å². The van der Waals surface area contributed by atoms with Gasteiger partial charge in [-0.15, -0.1) is 12.4 Å². The van der Waals surface area contributed by atoms with Crippen LogP contribution in [-0.2, 0) is 10.0 Å². The number of nitrogens with one attached hydrogen (secondary N) is 2. The fourth-order valence-corrected chi connectivity index (χ4v) is 2.61. The van der Waals surface area contributed by atoms with Crippen LogP contribution in [0, 0.1) is 0 Å². The Hall–Kier alpha value is -1.02. The van der Waals surface area contributed by atoms with Gasteiger partial charge in [-0.05, 0) is 26.1 Å². The van der Waals surface area contributed by atoms with Crippen LogP contribution in [0.15, 0.2) is 23.1 Å². The number of hydrogen-bond acceptors (Lipinski definition) is 5. The SMILES string of the molecule is CNC(C)CNS(=O)(=O)c1ccc2c(c1)OCO2.Cl. The van der Waals surface area contributed by atoms with E-state index in [0.717, 1.165) is 0 Å². The van der Waals surface area contributed by atoms with Crippen LogP contribution in [0.4, 0.5) is 0 Å². The Morgan fingerprint density at radius 3 is 2.68 bits per heavy atom. The molecule has 0 saturated heterocycles. The Morgan fingerprint density at radius 1 is 1.32 bits per heavy atom. The summed E-state index contributed by atoms with van der Waals surface area (Å²) in [4.78, 5) is 0.176. The van der Waals surface area contributed by atoms with E-state index in [2.05, 4.69) is 10.0 Å². The van der Waals surface area contributed by atoms with E-state index in [1.165, 1.54) is 12.1 Å². The molecule has 0 spiro atoms. The zero-order valence-corrected chi connectivity index (χ0v) is 12.3. The van der Waals surface area contributed by atoms with Gasteiger partial charge in [-0.2, -0.15) is 0 Å². The van der Waals surface area contributed by atoms with Crippen molar-refractivity contribution in [3.8, 4) is 11.5 Å². The summed E-state index contributed by atoms with van der Waals surface area (Å²) in [6.07, 6.45) is 0. The Balaban J connectivity index is 0.00000180. The van der Waals surface area contributed by atoms with E-state index in [1.54, 1.807) is 13.1 Å². The van der Waals surface area contributed by atoms with Gasteiger partial charge in [0, 0.05) is 18.7 Å². The minimum atomic E-state index is -3.51. The van der Waals surface area contributed by atoms with Crippen LogP contribution in [-0.4, -0.2) is 34.8 Å². The lowest BCUT2D eigenvalue weighted by atomic mass is 10.3. The number of sulfonamides is 1. The molecule has 0 radical (unpaired) electrons. The molecule has 0 bridgehead atoms. The third-order valence-corrected chi connectivity index (χ3v) is 4.15. The largest absolute Gasteiger partial charge is 0.454 e. The van der Waals surface area contributed by atoms with Gasteiger partial charge < -0.3 is 14.8 Å². The van der Waals surface area contributed by atoms with Gasteiger partial charge in [0.1, 0.15) is 0 Å². The summed E-state index contributed by atoms with van der Waals surface area (Å²) in [6, 6.07) is 4.63. The lowest BCUT2D eigenvalue weighted by molar-refractivity contribution is 0.174. The Bertz CT molecular complexity index is 535. The monoisotopic (exact) mass is 308 g/mol. The van der Waals surface area contributed by atoms with Gasteiger partial charge in [0.2, 0.25) is 16.8 Å². The molecule has 2 N–H and O–H groups in total. The maximum Gasteiger partial charge on any atom is 0.240 e. The summed E-state index contributed by atoms with van der Waals surface area (Å²) in [7, 11) is -1.74. The summed E-state index contributed by atoms with van der Waals surface area (Å²) >= 11 is 0. The summed E-state index contributed by atoms with van der Waals surface area (Å²) in [5.74, 6) is 1.03. The Labute approximate surface area is 118 Å². The number of rotatable bonds is 5. The Morgan fingerprint density at radius 2 is 2.00 bits per heavy atom. The molecule has 6 nitrogen and oxygen atoms in total. The second-order valence-corrected chi connectivity index (χ2v) is 5.82. The van der Waals surface area contributed by atoms with E-state index in [4.69, 9.17) is 9.47 Å². The Kier molecular flexibility index (Phi) is 5.42. The molecule has 0 aromatic heterocycles. The van der Waals surface area contributed by atoms with E-state index in [9.17, 15) is 8.42 Å². The fraction of sp³-hybridized carbons (Fsp3) is 0.455. The van der Waals surface area contributed by atoms with E-state index in [0.29, 0.717) is 18.0 Å². The molecule has 1 aromatic carbocycles. The van der Waals surface area contributed by atoms with Crippen molar-refractivity contribution in [3.05, 3.63) is 18.2 Å². The van der Waals surface area contributed by atoms with Gasteiger partial charge in [-0.3, -0.25) is 0 Å². The van der Waals surface area contributed by atoms with Crippen LogP contribution in [0.5, 0.6) is 11.5 Å². The van der Waals surface area contributed by atoms with Crippen LogP contribution < -0.4 is 19.5 Å². The minimum Gasteiger partial charge on any atom is -0.454 e. The lowest BCUT2D eigenvalue weighted by Crippen LogP contribution is -2.37. The van der Waals surface area contributed by atoms with Crippen LogP contribution >= 0.6 is 12.4 Å². The molecular weight excluding hydrogens is 292 g/mol. The highest BCUT2D eigenvalue weighted by atomic mass is 35.5. The zero-order valence-electron chi connectivity index (χ0n) is 10.7. The molecule has 0 saturated carbocycles. The zero-order chi connectivity index (χ0) is 13.2. The third kappa shape index (κ3) is 3.73. The standard InChI is InChI=1S/C11H16N2O4S.ClH/c1-8(12-2)6-13-18(14,15)9-3-4-10-11(5-9)17-7-16-10;/h3-5,8,12-13H,6-7H2,1-2H3;1H. The lowest BCUT2D eigenvalue weighted by Gasteiger charge is -2.12. The molecule has 1 aliphatic heterocycles. The molecule has 1 unspecified atom stereocenters. The highest BCUT2D eigenvalue weighted by Crippen LogP contribution is 2.33. The van der Waals surface area contributed by atoms with E-state index in [-0.39, 0.29) is 30.1 Å². The first-order valence-corrected chi connectivity index (χ1v) is 7.08. The predicted molar refractivity (Wildman–Crippen MR) is 73.5 cm³/mol. The van der Waals surface area contributed by atoms with Crippen molar-refractivity contribution in [3.63, 3.8) is 0 Å². The molecular formula is C11H17ClN2O4S. The number of fused-ring (bicyclic) bond motifs is 1. The number of benzene rings is 1. The summed E-state index contributed by atoms with van der Waals surface area (Å²) < 4.78 is 36.9. The van der Waals surface area contributed by atoms with Crippen molar-refractivity contribution < 1.29 is 17.9 Å². The van der Waals surface area contributed by atoms with Gasteiger partial charge in [-0.25, -0.2) is 13.1 Å². The molecule has 1 heterocycles. The van der Waals surface area contributed by atoms with Gasteiger partial charge in [0.05, 0.1) is 4.90 Å². The fourth-order valence-electron chi connectivity index (χ4n) is 1.46. The van der Waals surface area contributed by atoms with Crippen LogP contribution in [0.3, 0.4) is 0 Å². The van der Waals surface area contributed by atoms with Crippen molar-refractivity contribution in [2.45, 2.75) is 17.9 Å².